The van der Waals surface area contributed by atoms with Crippen LogP contribution in [0.25, 0.3) is 21.6 Å². The highest BCUT2D eigenvalue weighted by molar-refractivity contribution is 7.17. The minimum Gasteiger partial charge on any atom is -0.335 e. The van der Waals surface area contributed by atoms with Crippen molar-refractivity contribution in [1.29, 1.82) is 0 Å². The number of aryl methyl sites for hydroxylation is 3. The minimum absolute atomic E-state index is 0.249. The molecule has 0 radical (unpaired) electrons. The molecule has 0 saturated heterocycles. The predicted molar refractivity (Wildman–Crippen MR) is 106 cm³/mol. The molecule has 7 heteroatoms. The zero-order valence-electron chi connectivity index (χ0n) is 15.1. The minimum atomic E-state index is -0.297. The Bertz CT molecular complexity index is 1180. The molecule has 0 aliphatic carbocycles. The molecule has 4 rings (SSSR count). The van der Waals surface area contributed by atoms with Crippen LogP contribution in [0.3, 0.4) is 0 Å². The van der Waals surface area contributed by atoms with E-state index in [1.807, 2.05) is 36.9 Å². The fraction of sp³-hybridized carbons (Fsp3) is 0.150. The number of fused-ring (bicyclic) bond motifs is 1. The number of aromatic nitrogens is 3. The number of anilines is 1. The van der Waals surface area contributed by atoms with Gasteiger partial charge in [0.05, 0.1) is 5.69 Å². The molecule has 0 saturated carbocycles. The highest BCUT2D eigenvalue weighted by atomic mass is 32.1. The van der Waals surface area contributed by atoms with Crippen LogP contribution >= 0.6 is 11.3 Å². The largest absolute Gasteiger partial charge is 0.335 e. The molecule has 4 aromatic rings. The van der Waals surface area contributed by atoms with Crippen molar-refractivity contribution < 1.29 is 9.18 Å². The molecule has 136 valence electrons. The van der Waals surface area contributed by atoms with Gasteiger partial charge in [-0.05, 0) is 49.7 Å². The standard InChI is InChI=1S/C20H17FN4OS/c1-11-9-13(6-7-16(11)21)24-19(26)17-12(2)23-20(27-17)15-10-25(3)18-14(15)5-4-8-22-18/h4-10H,1-3H3,(H,24,26). The first-order valence-electron chi connectivity index (χ1n) is 8.39. The second-order valence-electron chi connectivity index (χ2n) is 6.38. The van der Waals surface area contributed by atoms with E-state index in [0.29, 0.717) is 21.8 Å². The highest BCUT2D eigenvalue weighted by Gasteiger charge is 2.19. The maximum absolute atomic E-state index is 13.4. The molecule has 0 spiro atoms. The maximum atomic E-state index is 13.4. The lowest BCUT2D eigenvalue weighted by Crippen LogP contribution is -2.11. The van der Waals surface area contributed by atoms with Gasteiger partial charge >= 0.3 is 0 Å². The molecule has 0 atom stereocenters. The second kappa shape index (κ2) is 6.59. The van der Waals surface area contributed by atoms with Gasteiger partial charge < -0.3 is 9.88 Å². The summed E-state index contributed by atoms with van der Waals surface area (Å²) in [6.07, 6.45) is 3.73. The fourth-order valence-electron chi connectivity index (χ4n) is 3.02. The van der Waals surface area contributed by atoms with Gasteiger partial charge in [-0.3, -0.25) is 4.79 Å². The lowest BCUT2D eigenvalue weighted by Gasteiger charge is -2.05. The summed E-state index contributed by atoms with van der Waals surface area (Å²) in [4.78, 5) is 22.2. The van der Waals surface area contributed by atoms with E-state index < -0.39 is 0 Å². The van der Waals surface area contributed by atoms with Gasteiger partial charge in [0.25, 0.3) is 5.91 Å². The van der Waals surface area contributed by atoms with Crippen LogP contribution in [-0.4, -0.2) is 20.4 Å². The molecular formula is C20H17FN4OS. The molecule has 27 heavy (non-hydrogen) atoms. The van der Waals surface area contributed by atoms with Crippen molar-refractivity contribution in [1.82, 2.24) is 14.5 Å². The van der Waals surface area contributed by atoms with E-state index in [-0.39, 0.29) is 11.7 Å². The first kappa shape index (κ1) is 17.4. The van der Waals surface area contributed by atoms with Gasteiger partial charge in [-0.25, -0.2) is 14.4 Å². The van der Waals surface area contributed by atoms with Crippen molar-refractivity contribution in [3.63, 3.8) is 0 Å². The van der Waals surface area contributed by atoms with Crippen LogP contribution in [0.5, 0.6) is 0 Å². The number of benzene rings is 1. The lowest BCUT2D eigenvalue weighted by molar-refractivity contribution is 0.103. The summed E-state index contributed by atoms with van der Waals surface area (Å²) < 4.78 is 15.4. The molecule has 5 nitrogen and oxygen atoms in total. The van der Waals surface area contributed by atoms with E-state index in [0.717, 1.165) is 21.6 Å². The van der Waals surface area contributed by atoms with Gasteiger partial charge in [-0.1, -0.05) is 0 Å². The van der Waals surface area contributed by atoms with Crippen molar-refractivity contribution in [2.75, 3.05) is 5.32 Å². The van der Waals surface area contributed by atoms with Crippen LogP contribution in [0.2, 0.25) is 0 Å². The Labute approximate surface area is 159 Å². The molecule has 3 aromatic heterocycles. The van der Waals surface area contributed by atoms with Crippen LogP contribution in [-0.2, 0) is 7.05 Å². The quantitative estimate of drug-likeness (QED) is 0.560. The topological polar surface area (TPSA) is 59.8 Å². The number of amides is 1. The first-order valence-corrected chi connectivity index (χ1v) is 9.21. The molecule has 0 aliphatic heterocycles. The Kier molecular flexibility index (Phi) is 4.24. The molecule has 1 N–H and O–H groups in total. The van der Waals surface area contributed by atoms with Crippen molar-refractivity contribution in [2.24, 2.45) is 7.05 Å². The summed E-state index contributed by atoms with van der Waals surface area (Å²) in [5.74, 6) is -0.547. The molecule has 0 fully saturated rings. The Morgan fingerprint density at radius 3 is 2.85 bits per heavy atom. The third-order valence-electron chi connectivity index (χ3n) is 4.38. The number of pyridine rings is 1. The van der Waals surface area contributed by atoms with Crippen LogP contribution < -0.4 is 5.32 Å². The van der Waals surface area contributed by atoms with Gasteiger partial charge in [0.2, 0.25) is 0 Å². The van der Waals surface area contributed by atoms with Gasteiger partial charge in [-0.15, -0.1) is 11.3 Å². The number of hydrogen-bond donors (Lipinski definition) is 1. The Morgan fingerprint density at radius 2 is 2.07 bits per heavy atom. The summed E-state index contributed by atoms with van der Waals surface area (Å²) >= 11 is 1.34. The smallest absolute Gasteiger partial charge is 0.267 e. The molecule has 0 aliphatic rings. The van der Waals surface area contributed by atoms with Crippen molar-refractivity contribution >= 4 is 34.0 Å². The predicted octanol–water partition coefficient (Wildman–Crippen LogP) is 4.71. The number of hydrogen-bond acceptors (Lipinski definition) is 4. The summed E-state index contributed by atoms with van der Waals surface area (Å²) in [5.41, 5.74) is 3.52. The highest BCUT2D eigenvalue weighted by Crippen LogP contribution is 2.34. The third-order valence-corrected chi connectivity index (χ3v) is 5.57. The maximum Gasteiger partial charge on any atom is 0.267 e. The number of carbonyl (C=O) groups is 1. The van der Waals surface area contributed by atoms with Crippen molar-refractivity contribution in [3.05, 3.63) is 64.7 Å². The number of nitrogens with zero attached hydrogens (tertiary/aromatic N) is 3. The summed E-state index contributed by atoms with van der Waals surface area (Å²) in [7, 11) is 1.93. The second-order valence-corrected chi connectivity index (χ2v) is 7.38. The lowest BCUT2D eigenvalue weighted by atomic mass is 10.2. The molecule has 3 heterocycles. The average molecular weight is 380 g/mol. The Balaban J connectivity index is 1.68. The molecule has 1 amide bonds. The third kappa shape index (κ3) is 3.10. The summed E-state index contributed by atoms with van der Waals surface area (Å²) in [6, 6.07) is 8.39. The van der Waals surface area contributed by atoms with E-state index in [2.05, 4.69) is 15.3 Å². The van der Waals surface area contributed by atoms with Gasteiger partial charge in [0.1, 0.15) is 21.3 Å². The Morgan fingerprint density at radius 1 is 1.26 bits per heavy atom. The van der Waals surface area contributed by atoms with Crippen LogP contribution in [0, 0.1) is 19.7 Å². The average Bonchev–Trinajstić information content (AvgIpc) is 3.19. The van der Waals surface area contributed by atoms with Crippen molar-refractivity contribution in [3.8, 4) is 10.6 Å². The van der Waals surface area contributed by atoms with Crippen LogP contribution in [0.1, 0.15) is 20.9 Å². The number of carbonyl (C=O) groups excluding carboxylic acids is 1. The molecule has 0 bridgehead atoms. The van der Waals surface area contributed by atoms with Gasteiger partial charge in [-0.2, -0.15) is 0 Å². The SMILES string of the molecule is Cc1cc(NC(=O)c2sc(-c3cn(C)c4ncccc34)nc2C)ccc1F. The fourth-order valence-corrected chi connectivity index (χ4v) is 4.00. The van der Waals surface area contributed by atoms with Crippen LogP contribution in [0.15, 0.2) is 42.7 Å². The van der Waals surface area contributed by atoms with Gasteiger partial charge in [0.15, 0.2) is 0 Å². The van der Waals surface area contributed by atoms with Crippen molar-refractivity contribution in [2.45, 2.75) is 13.8 Å². The number of nitrogens with one attached hydrogen (secondary N) is 1. The van der Waals surface area contributed by atoms with E-state index in [9.17, 15) is 9.18 Å². The molecule has 1 aromatic carbocycles. The molecule has 0 unspecified atom stereocenters. The van der Waals surface area contributed by atoms with E-state index in [1.165, 1.54) is 17.4 Å². The summed E-state index contributed by atoms with van der Waals surface area (Å²) in [6.45, 7) is 3.48. The molecular weight excluding hydrogens is 363 g/mol. The summed E-state index contributed by atoms with van der Waals surface area (Å²) in [5, 5.41) is 4.59. The Hall–Kier alpha value is -3.06. The van der Waals surface area contributed by atoms with E-state index >= 15 is 0 Å². The monoisotopic (exact) mass is 380 g/mol. The zero-order chi connectivity index (χ0) is 19.1. The number of rotatable bonds is 3. The number of thiazole rings is 1. The van der Waals surface area contributed by atoms with E-state index in [4.69, 9.17) is 0 Å². The van der Waals surface area contributed by atoms with Gasteiger partial charge in [0, 0.05) is 36.1 Å². The normalized spacial score (nSPS) is 11.1. The van der Waals surface area contributed by atoms with Crippen LogP contribution in [0.4, 0.5) is 10.1 Å². The number of halogens is 1. The zero-order valence-corrected chi connectivity index (χ0v) is 15.9. The first-order chi connectivity index (χ1) is 12.9. The van der Waals surface area contributed by atoms with E-state index in [1.54, 1.807) is 25.3 Å².